The molecule has 2 aromatic carbocycles. The summed E-state index contributed by atoms with van der Waals surface area (Å²) in [5, 5.41) is 4.33. The first-order chi connectivity index (χ1) is 10.1. The number of carbonyl (C=O) groups excluding carboxylic acids is 1. The molecule has 0 radical (unpaired) electrons. The molecule has 0 amide bonds. The number of anilines is 1. The van der Waals surface area contributed by atoms with Gasteiger partial charge in [0.25, 0.3) is 0 Å². The highest BCUT2D eigenvalue weighted by molar-refractivity contribution is 6.39. The molecule has 0 aliphatic heterocycles. The quantitative estimate of drug-likeness (QED) is 0.666. The number of rotatable bonds is 5. The Kier molecular flexibility index (Phi) is 4.88. The molecule has 2 rings (SSSR count). The van der Waals surface area contributed by atoms with Crippen LogP contribution in [0.3, 0.4) is 0 Å². The van der Waals surface area contributed by atoms with E-state index >= 15 is 0 Å². The minimum absolute atomic E-state index is 0.0161. The van der Waals surface area contributed by atoms with Crippen LogP contribution in [0, 0.1) is 13.8 Å². The zero-order valence-electron chi connectivity index (χ0n) is 12.7. The predicted octanol–water partition coefficient (Wildman–Crippen LogP) is 3.90. The molecule has 2 aromatic rings. The fourth-order valence-corrected chi connectivity index (χ4v) is 2.15. The van der Waals surface area contributed by atoms with Gasteiger partial charge in [-0.15, -0.1) is 0 Å². The molecule has 3 nitrogen and oxygen atoms in total. The predicted molar refractivity (Wildman–Crippen MR) is 87.8 cm³/mol. The van der Waals surface area contributed by atoms with Crippen molar-refractivity contribution < 1.29 is 4.79 Å². The standard InChI is InChI=1S/C18H20N2O/c1-13-8-7-9-14(2)18(13)20-19-17(15(3)21)12-16-10-5-4-6-11-16/h4-11,20H,12H2,1-3H3/b19-17-. The number of nitrogens with one attached hydrogen (secondary N) is 1. The summed E-state index contributed by atoms with van der Waals surface area (Å²) in [5.74, 6) is -0.0161. The molecule has 0 spiro atoms. The number of para-hydroxylation sites is 1. The number of carbonyl (C=O) groups is 1. The fourth-order valence-electron chi connectivity index (χ4n) is 2.15. The van der Waals surface area contributed by atoms with Crippen LogP contribution < -0.4 is 5.43 Å². The molecule has 0 saturated heterocycles. The second-order valence-corrected chi connectivity index (χ2v) is 5.16. The lowest BCUT2D eigenvalue weighted by Crippen LogP contribution is -2.15. The van der Waals surface area contributed by atoms with E-state index in [1.54, 1.807) is 6.92 Å². The second kappa shape index (κ2) is 6.84. The number of ketones is 1. The normalized spacial score (nSPS) is 11.3. The third-order valence-electron chi connectivity index (χ3n) is 3.40. The first-order valence-electron chi connectivity index (χ1n) is 7.01. The molecule has 1 N–H and O–H groups in total. The lowest BCUT2D eigenvalue weighted by molar-refractivity contribution is -0.111. The molecular weight excluding hydrogens is 260 g/mol. The van der Waals surface area contributed by atoms with Gasteiger partial charge < -0.3 is 0 Å². The van der Waals surface area contributed by atoms with Crippen LogP contribution in [-0.4, -0.2) is 11.5 Å². The Labute approximate surface area is 125 Å². The van der Waals surface area contributed by atoms with Gasteiger partial charge in [-0.3, -0.25) is 10.2 Å². The van der Waals surface area contributed by atoms with Gasteiger partial charge >= 0.3 is 0 Å². The van der Waals surface area contributed by atoms with E-state index in [1.807, 2.05) is 62.4 Å². The molecule has 0 unspecified atom stereocenters. The summed E-state index contributed by atoms with van der Waals surface area (Å²) in [6, 6.07) is 15.9. The SMILES string of the molecule is CC(=O)/C(Cc1ccccc1)=N\Nc1c(C)cccc1C. The number of hydrogen-bond acceptors (Lipinski definition) is 3. The maximum absolute atomic E-state index is 11.8. The van der Waals surface area contributed by atoms with E-state index in [9.17, 15) is 4.79 Å². The van der Waals surface area contributed by atoms with E-state index in [1.165, 1.54) is 0 Å². The Hall–Kier alpha value is -2.42. The average Bonchev–Trinajstić information content (AvgIpc) is 2.46. The average molecular weight is 280 g/mol. The van der Waals surface area contributed by atoms with Crippen LogP contribution >= 0.6 is 0 Å². The summed E-state index contributed by atoms with van der Waals surface area (Å²) in [4.78, 5) is 11.8. The summed E-state index contributed by atoms with van der Waals surface area (Å²) >= 11 is 0. The molecule has 0 aromatic heterocycles. The van der Waals surface area contributed by atoms with Gasteiger partial charge in [0.15, 0.2) is 5.78 Å². The third-order valence-corrected chi connectivity index (χ3v) is 3.40. The van der Waals surface area contributed by atoms with Gasteiger partial charge in [0.2, 0.25) is 0 Å². The van der Waals surface area contributed by atoms with Crippen molar-refractivity contribution in [2.45, 2.75) is 27.2 Å². The Morgan fingerprint density at radius 1 is 1.00 bits per heavy atom. The van der Waals surface area contributed by atoms with E-state index < -0.39 is 0 Å². The second-order valence-electron chi connectivity index (χ2n) is 5.16. The van der Waals surface area contributed by atoms with Gasteiger partial charge in [0.1, 0.15) is 5.71 Å². The van der Waals surface area contributed by atoms with Gasteiger partial charge in [-0.1, -0.05) is 48.5 Å². The summed E-state index contributed by atoms with van der Waals surface area (Å²) in [7, 11) is 0. The molecule has 0 heterocycles. The molecule has 0 atom stereocenters. The first-order valence-corrected chi connectivity index (χ1v) is 7.01. The number of Topliss-reactive ketones (excluding diaryl/α,β-unsaturated/α-hetero) is 1. The van der Waals surface area contributed by atoms with Gasteiger partial charge in [-0.25, -0.2) is 0 Å². The van der Waals surface area contributed by atoms with Gasteiger partial charge in [-0.05, 0) is 30.5 Å². The number of benzene rings is 2. The van der Waals surface area contributed by atoms with Crippen LogP contribution in [0.4, 0.5) is 5.69 Å². The third kappa shape index (κ3) is 4.02. The van der Waals surface area contributed by atoms with Crippen molar-refractivity contribution in [2.24, 2.45) is 5.10 Å². The summed E-state index contributed by atoms with van der Waals surface area (Å²) < 4.78 is 0. The number of nitrogens with zero attached hydrogens (tertiary/aromatic N) is 1. The monoisotopic (exact) mass is 280 g/mol. The van der Waals surface area contributed by atoms with Crippen molar-refractivity contribution in [3.8, 4) is 0 Å². The van der Waals surface area contributed by atoms with Crippen LogP contribution in [0.2, 0.25) is 0 Å². The Balaban J connectivity index is 2.21. The molecule has 3 heteroatoms. The van der Waals surface area contributed by atoms with E-state index in [0.29, 0.717) is 12.1 Å². The molecule has 0 bridgehead atoms. The van der Waals surface area contributed by atoms with Gasteiger partial charge in [-0.2, -0.15) is 5.10 Å². The Bertz CT molecular complexity index is 640. The van der Waals surface area contributed by atoms with Crippen molar-refractivity contribution in [1.82, 2.24) is 0 Å². The zero-order chi connectivity index (χ0) is 15.2. The molecule has 21 heavy (non-hydrogen) atoms. The summed E-state index contributed by atoms with van der Waals surface area (Å²) in [6.07, 6.45) is 0.536. The topological polar surface area (TPSA) is 41.5 Å². The maximum Gasteiger partial charge on any atom is 0.176 e. The highest BCUT2D eigenvalue weighted by Gasteiger charge is 2.08. The minimum Gasteiger partial charge on any atom is -0.293 e. The van der Waals surface area contributed by atoms with Crippen molar-refractivity contribution in [2.75, 3.05) is 5.43 Å². The summed E-state index contributed by atoms with van der Waals surface area (Å²) in [6.45, 7) is 5.60. The van der Waals surface area contributed by atoms with Crippen LogP contribution in [0.1, 0.15) is 23.6 Å². The molecule has 0 fully saturated rings. The Morgan fingerprint density at radius 3 is 2.19 bits per heavy atom. The lowest BCUT2D eigenvalue weighted by Gasteiger charge is -2.10. The maximum atomic E-state index is 11.8. The van der Waals surface area contributed by atoms with Crippen molar-refractivity contribution in [3.05, 3.63) is 65.2 Å². The van der Waals surface area contributed by atoms with Crippen molar-refractivity contribution >= 4 is 17.2 Å². The zero-order valence-corrected chi connectivity index (χ0v) is 12.7. The van der Waals surface area contributed by atoms with E-state index in [-0.39, 0.29) is 5.78 Å². The van der Waals surface area contributed by atoms with Crippen LogP contribution in [0.15, 0.2) is 53.6 Å². The van der Waals surface area contributed by atoms with Gasteiger partial charge in [0, 0.05) is 13.3 Å². The van der Waals surface area contributed by atoms with Crippen LogP contribution in [0.5, 0.6) is 0 Å². The highest BCUT2D eigenvalue weighted by Crippen LogP contribution is 2.19. The first kappa shape index (κ1) is 15.0. The van der Waals surface area contributed by atoms with E-state index in [0.717, 1.165) is 22.4 Å². The molecular formula is C18H20N2O. The van der Waals surface area contributed by atoms with Crippen LogP contribution in [0.25, 0.3) is 0 Å². The Morgan fingerprint density at radius 2 is 1.62 bits per heavy atom. The van der Waals surface area contributed by atoms with Crippen molar-refractivity contribution in [1.29, 1.82) is 0 Å². The highest BCUT2D eigenvalue weighted by atomic mass is 16.1. The number of hydrogen-bond donors (Lipinski definition) is 1. The van der Waals surface area contributed by atoms with Crippen molar-refractivity contribution in [3.63, 3.8) is 0 Å². The fraction of sp³-hybridized carbons (Fsp3) is 0.222. The molecule has 0 aliphatic rings. The van der Waals surface area contributed by atoms with Gasteiger partial charge in [0.05, 0.1) is 5.69 Å². The van der Waals surface area contributed by atoms with E-state index in [4.69, 9.17) is 0 Å². The van der Waals surface area contributed by atoms with E-state index in [2.05, 4.69) is 10.5 Å². The lowest BCUT2D eigenvalue weighted by atomic mass is 10.1. The molecule has 108 valence electrons. The number of hydrazone groups is 1. The van der Waals surface area contributed by atoms with Crippen LogP contribution in [-0.2, 0) is 11.2 Å². The summed E-state index contributed by atoms with van der Waals surface area (Å²) in [5.41, 5.74) is 7.85. The smallest absolute Gasteiger partial charge is 0.176 e. The minimum atomic E-state index is -0.0161. The molecule has 0 aliphatic carbocycles. The molecule has 0 saturated carbocycles. The number of aryl methyl sites for hydroxylation is 2. The largest absolute Gasteiger partial charge is 0.293 e.